The van der Waals surface area contributed by atoms with Crippen LogP contribution in [0.5, 0.6) is 0 Å². The fourth-order valence-electron chi connectivity index (χ4n) is 1.91. The summed E-state index contributed by atoms with van der Waals surface area (Å²) in [7, 11) is 1.96. The van der Waals surface area contributed by atoms with Crippen LogP contribution < -0.4 is 5.73 Å². The molecule has 0 spiro atoms. The van der Waals surface area contributed by atoms with Gasteiger partial charge in [0.05, 0.1) is 11.9 Å². The lowest BCUT2D eigenvalue weighted by Gasteiger charge is -2.08. The smallest absolute Gasteiger partial charge is 0.0708 e. The summed E-state index contributed by atoms with van der Waals surface area (Å²) in [5, 5.41) is 4.24. The second-order valence-corrected chi connectivity index (χ2v) is 4.21. The predicted molar refractivity (Wildman–Crippen MR) is 66.0 cm³/mol. The second-order valence-electron chi connectivity index (χ2n) is 4.21. The molecule has 3 heteroatoms. The van der Waals surface area contributed by atoms with Crippen LogP contribution in [0.3, 0.4) is 0 Å². The molecule has 16 heavy (non-hydrogen) atoms. The third kappa shape index (κ3) is 1.86. The Bertz CT molecular complexity index is 461. The summed E-state index contributed by atoms with van der Waals surface area (Å²) >= 11 is 0. The molecule has 0 radical (unpaired) electrons. The highest BCUT2D eigenvalue weighted by atomic mass is 15.3. The highest BCUT2D eigenvalue weighted by Crippen LogP contribution is 2.23. The van der Waals surface area contributed by atoms with Crippen LogP contribution in [0.2, 0.25) is 0 Å². The lowest BCUT2D eigenvalue weighted by molar-refractivity contribution is 0.775. The molecule has 0 aliphatic rings. The molecule has 0 amide bonds. The molecule has 1 aromatic heterocycles. The van der Waals surface area contributed by atoms with Gasteiger partial charge in [-0.1, -0.05) is 24.3 Å². The third-order valence-electron chi connectivity index (χ3n) is 2.83. The van der Waals surface area contributed by atoms with Crippen LogP contribution in [0.4, 0.5) is 0 Å². The van der Waals surface area contributed by atoms with Crippen molar-refractivity contribution in [3.8, 4) is 11.3 Å². The van der Waals surface area contributed by atoms with Crippen molar-refractivity contribution in [3.63, 3.8) is 0 Å². The van der Waals surface area contributed by atoms with Gasteiger partial charge < -0.3 is 5.73 Å². The van der Waals surface area contributed by atoms with E-state index in [1.54, 1.807) is 0 Å². The van der Waals surface area contributed by atoms with Crippen molar-refractivity contribution in [2.24, 2.45) is 12.8 Å². The summed E-state index contributed by atoms with van der Waals surface area (Å²) in [6.45, 7) is 4.06. The van der Waals surface area contributed by atoms with Crippen LogP contribution in [-0.4, -0.2) is 9.78 Å². The fourth-order valence-corrected chi connectivity index (χ4v) is 1.91. The quantitative estimate of drug-likeness (QED) is 0.836. The molecule has 0 aliphatic heterocycles. The minimum atomic E-state index is 0.0849. The van der Waals surface area contributed by atoms with Gasteiger partial charge in [-0.3, -0.25) is 4.68 Å². The largest absolute Gasteiger partial charge is 0.324 e. The Morgan fingerprint density at radius 3 is 2.31 bits per heavy atom. The maximum absolute atomic E-state index is 5.82. The Hall–Kier alpha value is -1.61. The fraction of sp³-hybridized carbons (Fsp3) is 0.308. The van der Waals surface area contributed by atoms with Gasteiger partial charge in [0, 0.05) is 18.7 Å². The molecule has 84 valence electrons. The van der Waals surface area contributed by atoms with Crippen LogP contribution in [0.25, 0.3) is 11.3 Å². The highest BCUT2D eigenvalue weighted by molar-refractivity contribution is 5.63. The van der Waals surface area contributed by atoms with E-state index in [2.05, 4.69) is 36.3 Å². The Labute approximate surface area is 95.9 Å². The number of benzene rings is 1. The first-order chi connectivity index (χ1) is 7.59. The van der Waals surface area contributed by atoms with Crippen molar-refractivity contribution in [3.05, 3.63) is 41.6 Å². The normalized spacial score (nSPS) is 12.8. The molecule has 2 aromatic rings. The number of nitrogens with two attached hydrogens (primary N) is 1. The highest BCUT2D eigenvalue weighted by Gasteiger charge is 2.07. The summed E-state index contributed by atoms with van der Waals surface area (Å²) < 4.78 is 1.90. The van der Waals surface area contributed by atoms with Crippen molar-refractivity contribution in [2.45, 2.75) is 19.9 Å². The van der Waals surface area contributed by atoms with E-state index in [1.165, 1.54) is 11.1 Å². The van der Waals surface area contributed by atoms with E-state index in [9.17, 15) is 0 Å². The van der Waals surface area contributed by atoms with Crippen molar-refractivity contribution in [1.82, 2.24) is 9.78 Å². The summed E-state index contributed by atoms with van der Waals surface area (Å²) in [6, 6.07) is 8.44. The van der Waals surface area contributed by atoms with Gasteiger partial charge >= 0.3 is 0 Å². The number of aromatic nitrogens is 2. The van der Waals surface area contributed by atoms with Gasteiger partial charge in [-0.25, -0.2) is 0 Å². The van der Waals surface area contributed by atoms with E-state index >= 15 is 0 Å². The first-order valence-electron chi connectivity index (χ1n) is 5.44. The molecule has 0 aliphatic carbocycles. The molecule has 0 saturated carbocycles. The van der Waals surface area contributed by atoms with Crippen LogP contribution in [0.15, 0.2) is 30.5 Å². The second kappa shape index (κ2) is 4.10. The number of rotatable bonds is 2. The minimum absolute atomic E-state index is 0.0849. The number of hydrogen-bond acceptors (Lipinski definition) is 2. The van der Waals surface area contributed by atoms with Crippen molar-refractivity contribution in [2.75, 3.05) is 0 Å². The van der Waals surface area contributed by atoms with Gasteiger partial charge in [-0.05, 0) is 25.0 Å². The number of aryl methyl sites for hydroxylation is 2. The zero-order valence-electron chi connectivity index (χ0n) is 9.94. The van der Waals surface area contributed by atoms with E-state index in [0.29, 0.717) is 0 Å². The predicted octanol–water partition coefficient (Wildman–Crippen LogP) is 2.42. The zero-order chi connectivity index (χ0) is 11.7. The van der Waals surface area contributed by atoms with Crippen LogP contribution in [0.1, 0.15) is 24.1 Å². The lowest BCUT2D eigenvalue weighted by atomic mass is 10.0. The molecule has 1 aromatic carbocycles. The molecule has 0 saturated heterocycles. The standard InChI is InChI=1S/C13H17N3/c1-9-8-15-16(3)13(9)12-6-4-11(5-7-12)10(2)14/h4-8,10H,14H2,1-3H3/t10-/m0/s1. The first kappa shape index (κ1) is 10.9. The van der Waals surface area contributed by atoms with E-state index < -0.39 is 0 Å². The molecule has 0 unspecified atom stereocenters. The Kier molecular flexibility index (Phi) is 2.79. The van der Waals surface area contributed by atoms with Gasteiger partial charge in [0.1, 0.15) is 0 Å². The van der Waals surface area contributed by atoms with Gasteiger partial charge in [0.2, 0.25) is 0 Å². The number of nitrogens with zero attached hydrogens (tertiary/aromatic N) is 2. The van der Waals surface area contributed by atoms with Crippen LogP contribution in [-0.2, 0) is 7.05 Å². The van der Waals surface area contributed by atoms with Gasteiger partial charge in [0.15, 0.2) is 0 Å². The summed E-state index contributed by atoms with van der Waals surface area (Å²) in [5.41, 5.74) is 10.5. The van der Waals surface area contributed by atoms with Crippen LogP contribution >= 0.6 is 0 Å². The maximum Gasteiger partial charge on any atom is 0.0708 e. The van der Waals surface area contributed by atoms with Crippen LogP contribution in [0, 0.1) is 6.92 Å². The van der Waals surface area contributed by atoms with Crippen molar-refractivity contribution in [1.29, 1.82) is 0 Å². The Morgan fingerprint density at radius 2 is 1.88 bits per heavy atom. The summed E-state index contributed by atoms with van der Waals surface area (Å²) in [6.07, 6.45) is 1.88. The molecule has 0 fully saturated rings. The molecular weight excluding hydrogens is 198 g/mol. The Morgan fingerprint density at radius 1 is 1.25 bits per heavy atom. The van der Waals surface area contributed by atoms with E-state index in [4.69, 9.17) is 5.73 Å². The minimum Gasteiger partial charge on any atom is -0.324 e. The SMILES string of the molecule is Cc1cnn(C)c1-c1ccc([C@H](C)N)cc1. The maximum atomic E-state index is 5.82. The molecule has 1 heterocycles. The Balaban J connectivity index is 2.42. The molecule has 0 bridgehead atoms. The molecule has 1 atom stereocenters. The zero-order valence-corrected chi connectivity index (χ0v) is 9.94. The summed E-state index contributed by atoms with van der Waals surface area (Å²) in [5.74, 6) is 0. The van der Waals surface area contributed by atoms with E-state index in [1.807, 2.05) is 24.9 Å². The van der Waals surface area contributed by atoms with E-state index in [0.717, 1.165) is 11.3 Å². The average molecular weight is 215 g/mol. The van der Waals surface area contributed by atoms with Gasteiger partial charge in [0.25, 0.3) is 0 Å². The lowest BCUT2D eigenvalue weighted by Crippen LogP contribution is -2.04. The molecule has 3 nitrogen and oxygen atoms in total. The summed E-state index contributed by atoms with van der Waals surface area (Å²) in [4.78, 5) is 0. The third-order valence-corrected chi connectivity index (χ3v) is 2.83. The number of hydrogen-bond donors (Lipinski definition) is 1. The average Bonchev–Trinajstić information content (AvgIpc) is 2.59. The molecular formula is C13H17N3. The molecule has 2 N–H and O–H groups in total. The molecule has 2 rings (SSSR count). The topological polar surface area (TPSA) is 43.8 Å². The van der Waals surface area contributed by atoms with Crippen molar-refractivity contribution >= 4 is 0 Å². The van der Waals surface area contributed by atoms with Gasteiger partial charge in [-0.15, -0.1) is 0 Å². The monoisotopic (exact) mass is 215 g/mol. The van der Waals surface area contributed by atoms with Crippen molar-refractivity contribution < 1.29 is 0 Å². The van der Waals surface area contributed by atoms with E-state index in [-0.39, 0.29) is 6.04 Å². The first-order valence-corrected chi connectivity index (χ1v) is 5.44. The van der Waals surface area contributed by atoms with Gasteiger partial charge in [-0.2, -0.15) is 5.10 Å².